The minimum atomic E-state index is -3.40. The highest BCUT2D eigenvalue weighted by molar-refractivity contribution is 7.88. The molecule has 2 unspecified atom stereocenters. The molecule has 3 aliphatic rings. The summed E-state index contributed by atoms with van der Waals surface area (Å²) in [6, 6.07) is 3.29. The standard InChI is InChI=1S/C21H31FN2O4S/c1-21(2,3)24-9-5-6-14(12-24)27-18-11-17(22)16(10-15(18)13-7-8-13)19-20(28-19)23-29(4,25)26/h10-11,13-14,19-20,23H,5-9,12H2,1-4H3/t14-,19?,20?/m1/s1. The van der Waals surface area contributed by atoms with Crippen molar-refractivity contribution in [1.82, 2.24) is 9.62 Å². The van der Waals surface area contributed by atoms with Gasteiger partial charge in [-0.1, -0.05) is 0 Å². The van der Waals surface area contributed by atoms with Crippen LogP contribution >= 0.6 is 0 Å². The van der Waals surface area contributed by atoms with E-state index in [1.165, 1.54) is 6.07 Å². The first-order valence-electron chi connectivity index (χ1n) is 10.4. The molecule has 29 heavy (non-hydrogen) atoms. The molecule has 1 N–H and O–H groups in total. The van der Waals surface area contributed by atoms with Gasteiger partial charge in [-0.3, -0.25) is 4.90 Å². The van der Waals surface area contributed by atoms with Crippen molar-refractivity contribution in [3.05, 3.63) is 29.1 Å². The molecule has 2 aliphatic heterocycles. The van der Waals surface area contributed by atoms with Crippen molar-refractivity contribution in [3.8, 4) is 5.75 Å². The van der Waals surface area contributed by atoms with Crippen molar-refractivity contribution >= 4 is 10.0 Å². The zero-order valence-electron chi connectivity index (χ0n) is 17.6. The number of sulfonamides is 1. The van der Waals surface area contributed by atoms with Crippen molar-refractivity contribution in [2.24, 2.45) is 0 Å². The highest BCUT2D eigenvalue weighted by Crippen LogP contribution is 2.48. The predicted molar refractivity (Wildman–Crippen MR) is 109 cm³/mol. The molecule has 1 aromatic carbocycles. The van der Waals surface area contributed by atoms with Gasteiger partial charge in [0.2, 0.25) is 10.0 Å². The first kappa shape index (κ1) is 21.0. The van der Waals surface area contributed by atoms with Crippen LogP contribution in [0.3, 0.4) is 0 Å². The van der Waals surface area contributed by atoms with Crippen molar-refractivity contribution in [3.63, 3.8) is 0 Å². The van der Waals surface area contributed by atoms with Crippen LogP contribution in [0.25, 0.3) is 0 Å². The fourth-order valence-electron chi connectivity index (χ4n) is 4.10. The second-order valence-corrected chi connectivity index (χ2v) is 11.3. The van der Waals surface area contributed by atoms with Crippen molar-refractivity contribution in [2.75, 3.05) is 19.3 Å². The van der Waals surface area contributed by atoms with Crippen LogP contribution in [-0.4, -0.2) is 50.5 Å². The zero-order chi connectivity index (χ0) is 21.0. The molecule has 0 amide bonds. The predicted octanol–water partition coefficient (Wildman–Crippen LogP) is 3.29. The van der Waals surface area contributed by atoms with Crippen molar-refractivity contribution in [2.45, 2.75) is 76.3 Å². The van der Waals surface area contributed by atoms with E-state index in [1.807, 2.05) is 6.07 Å². The van der Waals surface area contributed by atoms with Gasteiger partial charge in [0.1, 0.15) is 23.8 Å². The SMILES string of the molecule is CC(C)(C)N1CCC[C@@H](Oc2cc(F)c(C3OC3NS(C)(=O)=O)cc2C2CC2)C1. The summed E-state index contributed by atoms with van der Waals surface area (Å²) in [6.45, 7) is 8.51. The van der Waals surface area contributed by atoms with Gasteiger partial charge in [0, 0.05) is 23.7 Å². The van der Waals surface area contributed by atoms with Gasteiger partial charge in [0.15, 0.2) is 6.23 Å². The Bertz CT molecular complexity index is 879. The molecule has 0 spiro atoms. The highest BCUT2D eigenvalue weighted by Gasteiger charge is 2.45. The lowest BCUT2D eigenvalue weighted by atomic mass is 9.99. The lowest BCUT2D eigenvalue weighted by molar-refractivity contribution is 0.0341. The second-order valence-electron chi connectivity index (χ2n) is 9.55. The summed E-state index contributed by atoms with van der Waals surface area (Å²) in [7, 11) is -3.40. The summed E-state index contributed by atoms with van der Waals surface area (Å²) in [5.74, 6) is 0.602. The molecule has 1 saturated carbocycles. The number of ether oxygens (including phenoxy) is 2. The third kappa shape index (κ3) is 5.10. The van der Waals surface area contributed by atoms with E-state index in [2.05, 4.69) is 30.4 Å². The smallest absolute Gasteiger partial charge is 0.210 e. The summed E-state index contributed by atoms with van der Waals surface area (Å²) in [5, 5.41) is 0. The van der Waals surface area contributed by atoms with Gasteiger partial charge in [-0.15, -0.1) is 0 Å². The quantitative estimate of drug-likeness (QED) is 0.707. The van der Waals surface area contributed by atoms with Crippen LogP contribution in [0.4, 0.5) is 4.39 Å². The Kier molecular flexibility index (Phi) is 5.42. The average molecular weight is 427 g/mol. The molecule has 2 heterocycles. The van der Waals surface area contributed by atoms with Gasteiger partial charge in [0.25, 0.3) is 0 Å². The molecule has 6 nitrogen and oxygen atoms in total. The molecule has 1 aromatic rings. The zero-order valence-corrected chi connectivity index (χ0v) is 18.4. The Morgan fingerprint density at radius 3 is 2.55 bits per heavy atom. The Morgan fingerprint density at radius 1 is 1.21 bits per heavy atom. The monoisotopic (exact) mass is 426 g/mol. The summed E-state index contributed by atoms with van der Waals surface area (Å²) in [4.78, 5) is 2.42. The van der Waals surface area contributed by atoms with E-state index in [-0.39, 0.29) is 11.6 Å². The Hall–Kier alpha value is -1.22. The number of rotatable bonds is 6. The highest BCUT2D eigenvalue weighted by atomic mass is 32.2. The maximum atomic E-state index is 14.9. The second kappa shape index (κ2) is 7.48. The third-order valence-electron chi connectivity index (χ3n) is 5.90. The van der Waals surface area contributed by atoms with E-state index >= 15 is 0 Å². The number of hydrogen-bond donors (Lipinski definition) is 1. The van der Waals surface area contributed by atoms with Crippen LogP contribution in [0.1, 0.15) is 69.6 Å². The summed E-state index contributed by atoms with van der Waals surface area (Å²) < 4.78 is 51.7. The first-order valence-corrected chi connectivity index (χ1v) is 12.3. The van der Waals surface area contributed by atoms with Crippen LogP contribution in [0.5, 0.6) is 5.75 Å². The van der Waals surface area contributed by atoms with Gasteiger partial charge in [0.05, 0.1) is 6.26 Å². The number of benzene rings is 1. The van der Waals surface area contributed by atoms with Gasteiger partial charge in [-0.2, -0.15) is 4.72 Å². The Labute approximate surface area is 172 Å². The molecule has 8 heteroatoms. The van der Waals surface area contributed by atoms with Crippen molar-refractivity contribution in [1.29, 1.82) is 0 Å². The summed E-state index contributed by atoms with van der Waals surface area (Å²) >= 11 is 0. The minimum Gasteiger partial charge on any atom is -0.489 e. The normalized spacial score (nSPS) is 28.4. The number of nitrogens with zero attached hydrogens (tertiary/aromatic N) is 1. The average Bonchev–Trinajstić information content (AvgIpc) is 3.50. The number of epoxide rings is 1. The minimum absolute atomic E-state index is 0.0440. The van der Waals surface area contributed by atoms with Crippen LogP contribution in [0.15, 0.2) is 12.1 Å². The van der Waals surface area contributed by atoms with Crippen LogP contribution in [0, 0.1) is 5.82 Å². The van der Waals surface area contributed by atoms with E-state index in [4.69, 9.17) is 9.47 Å². The Balaban J connectivity index is 1.52. The van der Waals surface area contributed by atoms with Gasteiger partial charge < -0.3 is 9.47 Å². The molecule has 0 bridgehead atoms. The summed E-state index contributed by atoms with van der Waals surface area (Å²) in [6.07, 6.45) is 4.00. The van der Waals surface area contributed by atoms with E-state index in [9.17, 15) is 12.8 Å². The molecule has 3 atom stereocenters. The molecule has 0 radical (unpaired) electrons. The fraction of sp³-hybridized carbons (Fsp3) is 0.714. The number of piperidine rings is 1. The van der Waals surface area contributed by atoms with Crippen LogP contribution in [-0.2, 0) is 14.8 Å². The topological polar surface area (TPSA) is 71.2 Å². The largest absolute Gasteiger partial charge is 0.489 e. The lowest BCUT2D eigenvalue weighted by Gasteiger charge is -2.41. The van der Waals surface area contributed by atoms with Crippen molar-refractivity contribution < 1.29 is 22.3 Å². The number of hydrogen-bond acceptors (Lipinski definition) is 5. The van der Waals surface area contributed by atoms with E-state index in [1.54, 1.807) is 0 Å². The Morgan fingerprint density at radius 2 is 1.93 bits per heavy atom. The maximum absolute atomic E-state index is 14.9. The number of nitrogens with one attached hydrogen (secondary N) is 1. The molecule has 3 fully saturated rings. The lowest BCUT2D eigenvalue weighted by Crippen LogP contribution is -2.50. The molecule has 0 aromatic heterocycles. The van der Waals surface area contributed by atoms with E-state index < -0.39 is 28.2 Å². The number of likely N-dealkylation sites (tertiary alicyclic amines) is 1. The van der Waals surface area contributed by atoms with Gasteiger partial charge in [-0.05, 0) is 70.5 Å². The van der Waals surface area contributed by atoms with Gasteiger partial charge in [-0.25, -0.2) is 12.8 Å². The fourth-order valence-corrected chi connectivity index (χ4v) is 4.70. The van der Waals surface area contributed by atoms with E-state index in [0.717, 1.165) is 50.6 Å². The van der Waals surface area contributed by atoms with Gasteiger partial charge >= 0.3 is 0 Å². The third-order valence-corrected chi connectivity index (χ3v) is 6.56. The summed E-state index contributed by atoms with van der Waals surface area (Å²) in [5.41, 5.74) is 1.50. The van der Waals surface area contributed by atoms with E-state index in [0.29, 0.717) is 17.2 Å². The molecular weight excluding hydrogens is 395 g/mol. The van der Waals surface area contributed by atoms with Crippen LogP contribution < -0.4 is 9.46 Å². The maximum Gasteiger partial charge on any atom is 0.210 e. The first-order chi connectivity index (χ1) is 13.5. The molecule has 4 rings (SSSR count). The molecule has 2 saturated heterocycles. The molecule has 1 aliphatic carbocycles. The van der Waals surface area contributed by atoms with Crippen LogP contribution in [0.2, 0.25) is 0 Å². The molecular formula is C21H31FN2O4S. The number of halogens is 1. The molecule has 162 valence electrons.